The van der Waals surface area contributed by atoms with Gasteiger partial charge in [-0.25, -0.2) is 0 Å². The Balaban J connectivity index is 1.34. The molecule has 5 nitrogen and oxygen atoms in total. The summed E-state index contributed by atoms with van der Waals surface area (Å²) in [5.74, 6) is 1.35. The van der Waals surface area contributed by atoms with Crippen LogP contribution in [0, 0.1) is 5.92 Å². The minimum Gasteiger partial charge on any atom is -0.493 e. The molecule has 7 heteroatoms. The summed E-state index contributed by atoms with van der Waals surface area (Å²) in [7, 11) is 1.59. The standard InChI is InChI=1S/C29H28BrNO4S/c1-34-25-15-20(16-26-28(32)31(29(33)36-26)17-19-8-3-2-4-9-19)14-24(30)27(25)35-18-22-12-7-11-21-10-5-6-13-23(21)22/h5-7,10-16,19H,2-4,8-9,17-18H2,1H3/b26-16-. The highest BCUT2D eigenvalue weighted by atomic mass is 79.9. The van der Waals surface area contributed by atoms with Gasteiger partial charge in [-0.3, -0.25) is 14.5 Å². The Kier molecular flexibility index (Phi) is 7.67. The van der Waals surface area contributed by atoms with Crippen LogP contribution in [0.15, 0.2) is 64.0 Å². The topological polar surface area (TPSA) is 55.8 Å². The van der Waals surface area contributed by atoms with Crippen molar-refractivity contribution in [2.24, 2.45) is 5.92 Å². The van der Waals surface area contributed by atoms with Gasteiger partial charge in [0.1, 0.15) is 6.61 Å². The largest absolute Gasteiger partial charge is 0.493 e. The molecule has 2 fully saturated rings. The fourth-order valence-electron chi connectivity index (χ4n) is 4.97. The minimum atomic E-state index is -0.207. The zero-order chi connectivity index (χ0) is 25.1. The number of hydrogen-bond acceptors (Lipinski definition) is 5. The van der Waals surface area contributed by atoms with Crippen molar-refractivity contribution in [3.63, 3.8) is 0 Å². The van der Waals surface area contributed by atoms with Crippen LogP contribution in [0.5, 0.6) is 11.5 Å². The first kappa shape index (κ1) is 24.9. The van der Waals surface area contributed by atoms with Gasteiger partial charge in [-0.1, -0.05) is 61.7 Å². The van der Waals surface area contributed by atoms with Crippen LogP contribution in [0.3, 0.4) is 0 Å². The number of carbonyl (C=O) groups is 2. The lowest BCUT2D eigenvalue weighted by Gasteiger charge is -2.25. The molecule has 3 aromatic carbocycles. The van der Waals surface area contributed by atoms with Crippen molar-refractivity contribution >= 4 is 55.7 Å². The van der Waals surface area contributed by atoms with E-state index in [2.05, 4.69) is 40.2 Å². The van der Waals surface area contributed by atoms with Crippen molar-refractivity contribution in [3.8, 4) is 11.5 Å². The van der Waals surface area contributed by atoms with Gasteiger partial charge in [-0.2, -0.15) is 0 Å². The fourth-order valence-corrected chi connectivity index (χ4v) is 6.39. The van der Waals surface area contributed by atoms with Crippen molar-refractivity contribution < 1.29 is 19.1 Å². The maximum absolute atomic E-state index is 13.0. The third-order valence-corrected chi connectivity index (χ3v) is 8.34. The molecular formula is C29H28BrNO4S. The highest BCUT2D eigenvalue weighted by Crippen LogP contribution is 2.40. The lowest BCUT2D eigenvalue weighted by molar-refractivity contribution is -0.123. The molecule has 3 aromatic rings. The van der Waals surface area contributed by atoms with Crippen LogP contribution in [-0.4, -0.2) is 29.7 Å². The summed E-state index contributed by atoms with van der Waals surface area (Å²) in [6.45, 7) is 0.908. The summed E-state index contributed by atoms with van der Waals surface area (Å²) in [6, 6.07) is 18.1. The number of rotatable bonds is 7. The van der Waals surface area contributed by atoms with Crippen LogP contribution in [0.4, 0.5) is 4.79 Å². The highest BCUT2D eigenvalue weighted by molar-refractivity contribution is 9.10. The van der Waals surface area contributed by atoms with Crippen molar-refractivity contribution in [1.29, 1.82) is 0 Å². The molecule has 1 aliphatic heterocycles. The number of thioether (sulfide) groups is 1. The van der Waals surface area contributed by atoms with Crippen LogP contribution >= 0.6 is 27.7 Å². The molecule has 36 heavy (non-hydrogen) atoms. The maximum Gasteiger partial charge on any atom is 0.293 e. The molecule has 0 spiro atoms. The smallest absolute Gasteiger partial charge is 0.293 e. The summed E-state index contributed by atoms with van der Waals surface area (Å²) in [5, 5.41) is 2.13. The zero-order valence-corrected chi connectivity index (χ0v) is 22.6. The Bertz CT molecular complexity index is 1330. The second kappa shape index (κ2) is 11.1. The molecule has 2 amide bonds. The summed E-state index contributed by atoms with van der Waals surface area (Å²) >= 11 is 4.62. The Labute approximate surface area is 224 Å². The Morgan fingerprint density at radius 3 is 2.64 bits per heavy atom. The van der Waals surface area contributed by atoms with Gasteiger partial charge in [-0.05, 0) is 86.6 Å². The van der Waals surface area contributed by atoms with Gasteiger partial charge in [-0.15, -0.1) is 0 Å². The van der Waals surface area contributed by atoms with E-state index in [-0.39, 0.29) is 11.1 Å². The predicted molar refractivity (Wildman–Crippen MR) is 148 cm³/mol. The number of nitrogens with zero attached hydrogens (tertiary/aromatic N) is 1. The SMILES string of the molecule is COc1cc(/C=C2\SC(=O)N(CC3CCCCC3)C2=O)cc(Br)c1OCc1cccc2ccccc12. The summed E-state index contributed by atoms with van der Waals surface area (Å²) in [5.41, 5.74) is 1.84. The number of methoxy groups -OCH3 is 1. The van der Waals surface area contributed by atoms with Crippen molar-refractivity contribution in [1.82, 2.24) is 4.90 Å². The van der Waals surface area contributed by atoms with E-state index in [1.807, 2.05) is 30.3 Å². The number of benzene rings is 3. The number of hydrogen-bond donors (Lipinski definition) is 0. The van der Waals surface area contributed by atoms with Gasteiger partial charge in [0.15, 0.2) is 11.5 Å². The van der Waals surface area contributed by atoms with Crippen molar-refractivity contribution in [3.05, 3.63) is 75.1 Å². The number of carbonyl (C=O) groups excluding carboxylic acids is 2. The highest BCUT2D eigenvalue weighted by Gasteiger charge is 2.36. The van der Waals surface area contributed by atoms with Gasteiger partial charge in [0.2, 0.25) is 0 Å². The molecular weight excluding hydrogens is 538 g/mol. The van der Waals surface area contributed by atoms with Gasteiger partial charge in [0.25, 0.3) is 11.1 Å². The molecule has 2 aliphatic rings. The van der Waals surface area contributed by atoms with E-state index >= 15 is 0 Å². The van der Waals surface area contributed by atoms with Gasteiger partial charge in [0, 0.05) is 6.54 Å². The molecule has 5 rings (SSSR count). The number of imide groups is 1. The zero-order valence-electron chi connectivity index (χ0n) is 20.2. The molecule has 0 atom stereocenters. The van der Waals surface area contributed by atoms with Gasteiger partial charge < -0.3 is 9.47 Å². The second-order valence-corrected chi connectivity index (χ2v) is 11.1. The molecule has 186 valence electrons. The lowest BCUT2D eigenvalue weighted by Crippen LogP contribution is -2.34. The first-order valence-corrected chi connectivity index (χ1v) is 13.9. The monoisotopic (exact) mass is 565 g/mol. The van der Waals surface area contributed by atoms with Crippen molar-refractivity contribution in [2.75, 3.05) is 13.7 Å². The van der Waals surface area contributed by atoms with Crippen molar-refractivity contribution in [2.45, 2.75) is 38.7 Å². The van der Waals surface area contributed by atoms with E-state index in [4.69, 9.17) is 9.47 Å². The van der Waals surface area contributed by atoms with E-state index in [1.54, 1.807) is 13.2 Å². The number of fused-ring (bicyclic) bond motifs is 1. The summed E-state index contributed by atoms with van der Waals surface area (Å²) in [4.78, 5) is 27.5. The first-order valence-electron chi connectivity index (χ1n) is 12.3. The van der Waals surface area contributed by atoms with E-state index < -0.39 is 0 Å². The third-order valence-electron chi connectivity index (χ3n) is 6.84. The van der Waals surface area contributed by atoms with E-state index in [1.165, 1.54) is 24.2 Å². The molecule has 1 heterocycles. The Morgan fingerprint density at radius 1 is 1.06 bits per heavy atom. The molecule has 1 saturated heterocycles. The number of amides is 2. The van der Waals surface area contributed by atoms with E-state index in [0.717, 1.165) is 51.0 Å². The van der Waals surface area contributed by atoms with Crippen LogP contribution in [-0.2, 0) is 11.4 Å². The van der Waals surface area contributed by atoms with Gasteiger partial charge >= 0.3 is 0 Å². The summed E-state index contributed by atoms with van der Waals surface area (Å²) in [6.07, 6.45) is 7.54. The lowest BCUT2D eigenvalue weighted by atomic mass is 9.89. The average molecular weight is 567 g/mol. The predicted octanol–water partition coefficient (Wildman–Crippen LogP) is 7.81. The fraction of sp³-hybridized carbons (Fsp3) is 0.310. The normalized spacial score (nSPS) is 17.8. The van der Waals surface area contributed by atoms with E-state index in [0.29, 0.717) is 35.5 Å². The molecule has 0 aromatic heterocycles. The maximum atomic E-state index is 13.0. The molecule has 0 N–H and O–H groups in total. The van der Waals surface area contributed by atoms with Crippen LogP contribution in [0.1, 0.15) is 43.2 Å². The number of ether oxygens (including phenoxy) is 2. The molecule has 0 unspecified atom stereocenters. The van der Waals surface area contributed by atoms with Crippen LogP contribution in [0.25, 0.3) is 16.8 Å². The number of halogens is 1. The second-order valence-electron chi connectivity index (χ2n) is 9.26. The third kappa shape index (κ3) is 5.32. The minimum absolute atomic E-state index is 0.183. The summed E-state index contributed by atoms with van der Waals surface area (Å²) < 4.78 is 12.5. The van der Waals surface area contributed by atoms with Gasteiger partial charge in [0.05, 0.1) is 16.5 Å². The molecule has 1 aliphatic carbocycles. The Hall–Kier alpha value is -2.77. The first-order chi connectivity index (χ1) is 17.5. The average Bonchev–Trinajstić information content (AvgIpc) is 3.15. The van der Waals surface area contributed by atoms with Crippen LogP contribution < -0.4 is 9.47 Å². The molecule has 1 saturated carbocycles. The van der Waals surface area contributed by atoms with E-state index in [9.17, 15) is 9.59 Å². The molecule has 0 radical (unpaired) electrons. The molecule has 0 bridgehead atoms. The quantitative estimate of drug-likeness (QED) is 0.273. The van der Waals surface area contributed by atoms with Crippen LogP contribution in [0.2, 0.25) is 0 Å². The Morgan fingerprint density at radius 2 is 1.83 bits per heavy atom.